The van der Waals surface area contributed by atoms with Gasteiger partial charge in [-0.15, -0.1) is 5.43 Å². The largest absolute Gasteiger partial charge is 0.672 e. The predicted octanol–water partition coefficient (Wildman–Crippen LogP) is 6.86. The van der Waals surface area contributed by atoms with Crippen molar-refractivity contribution in [3.63, 3.8) is 0 Å². The summed E-state index contributed by atoms with van der Waals surface area (Å²) in [5, 5.41) is 23.4. The summed E-state index contributed by atoms with van der Waals surface area (Å²) in [7, 11) is 4.25. The van der Waals surface area contributed by atoms with Crippen LogP contribution in [0.15, 0.2) is 78.3 Å². The molecule has 0 fully saturated rings. The monoisotopic (exact) mass is 625 g/mol. The van der Waals surface area contributed by atoms with Crippen molar-refractivity contribution in [3.8, 4) is 17.2 Å². The first-order chi connectivity index (χ1) is 20.8. The number of benzene rings is 3. The Morgan fingerprint density at radius 1 is 0.977 bits per heavy atom. The highest BCUT2D eigenvalue weighted by Crippen LogP contribution is 2.43. The van der Waals surface area contributed by atoms with Gasteiger partial charge in [-0.05, 0) is 34.8 Å². The summed E-state index contributed by atoms with van der Waals surface area (Å²) in [4.78, 5) is 4.74. The normalized spacial score (nSPS) is 11.4. The van der Waals surface area contributed by atoms with Crippen LogP contribution in [0.25, 0.3) is 11.0 Å². The van der Waals surface area contributed by atoms with E-state index in [0.717, 1.165) is 16.3 Å². The number of nitrogens with one attached hydrogen (secondary N) is 1. The van der Waals surface area contributed by atoms with Crippen molar-refractivity contribution in [2.45, 2.75) is 13.1 Å². The number of methoxy groups -OCH3 is 3. The van der Waals surface area contributed by atoms with Crippen molar-refractivity contribution in [2.24, 2.45) is 5.22 Å². The van der Waals surface area contributed by atoms with Crippen molar-refractivity contribution >= 4 is 45.6 Å². The highest BCUT2D eigenvalue weighted by atomic mass is 35.5. The molecule has 0 aliphatic heterocycles. The number of anilines is 2. The van der Waals surface area contributed by atoms with Gasteiger partial charge in [-0.2, -0.15) is 10.1 Å². The van der Waals surface area contributed by atoms with Gasteiger partial charge in [-0.1, -0.05) is 53.5 Å². The van der Waals surface area contributed by atoms with E-state index in [0.29, 0.717) is 28.8 Å². The summed E-state index contributed by atoms with van der Waals surface area (Å²) >= 11 is 13.4. The molecule has 2 aromatic heterocycles. The number of fused-ring (bicyclic) bond motifs is 1. The Balaban J connectivity index is 1.54. The van der Waals surface area contributed by atoms with Crippen LogP contribution in [0, 0.1) is 11.0 Å². The van der Waals surface area contributed by atoms with E-state index in [1.165, 1.54) is 26.5 Å². The molecule has 0 bridgehead atoms. The molecule has 0 aliphatic carbocycles. The van der Waals surface area contributed by atoms with E-state index in [-0.39, 0.29) is 38.7 Å². The molecule has 0 atom stereocenters. The number of halogens is 3. The number of para-hydroxylation sites is 1. The maximum Gasteiger partial charge on any atom is 0.193 e. The number of hydrogen-bond donors (Lipinski definition) is 1. The molecule has 0 amide bonds. The predicted molar refractivity (Wildman–Crippen MR) is 161 cm³/mol. The third-order valence-corrected chi connectivity index (χ3v) is 7.35. The van der Waals surface area contributed by atoms with Crippen molar-refractivity contribution in [3.05, 3.63) is 105 Å². The van der Waals surface area contributed by atoms with Crippen molar-refractivity contribution < 1.29 is 23.6 Å². The van der Waals surface area contributed by atoms with Gasteiger partial charge in [0, 0.05) is 17.8 Å². The number of hydrogen-bond acceptors (Lipinski definition) is 7. The van der Waals surface area contributed by atoms with Crippen molar-refractivity contribution in [1.29, 1.82) is 0 Å². The fourth-order valence-electron chi connectivity index (χ4n) is 4.32. The Labute approximate surface area is 256 Å². The van der Waals surface area contributed by atoms with Crippen molar-refractivity contribution in [2.75, 3.05) is 31.8 Å². The lowest BCUT2D eigenvalue weighted by Gasteiger charge is -2.26. The third-order valence-electron chi connectivity index (χ3n) is 6.54. The van der Waals surface area contributed by atoms with Crippen molar-refractivity contribution in [1.82, 2.24) is 14.8 Å². The molecule has 2 heterocycles. The molecule has 14 heteroatoms. The number of ether oxygens (including phenoxy) is 3. The highest BCUT2D eigenvalue weighted by molar-refractivity contribution is 6.36. The molecule has 0 saturated carbocycles. The number of rotatable bonds is 11. The van der Waals surface area contributed by atoms with Gasteiger partial charge >= 0.3 is 0 Å². The van der Waals surface area contributed by atoms with E-state index in [9.17, 15) is 5.21 Å². The van der Waals surface area contributed by atoms with E-state index in [4.69, 9.17) is 37.4 Å². The van der Waals surface area contributed by atoms with Crippen LogP contribution in [0.5, 0.6) is 17.2 Å². The number of hydrazine groups is 1. The zero-order chi connectivity index (χ0) is 30.5. The molecule has 43 heavy (non-hydrogen) atoms. The second-order valence-electron chi connectivity index (χ2n) is 9.13. The maximum atomic E-state index is 15.7. The lowest BCUT2D eigenvalue weighted by molar-refractivity contribution is -0.544. The Kier molecular flexibility index (Phi) is 8.98. The zero-order valence-electron chi connectivity index (χ0n) is 23.3. The van der Waals surface area contributed by atoms with E-state index < -0.39 is 5.82 Å². The minimum atomic E-state index is -0.901. The summed E-state index contributed by atoms with van der Waals surface area (Å²) in [6.45, 7) is 0.160. The second kappa shape index (κ2) is 13.0. The van der Waals surface area contributed by atoms with Gasteiger partial charge in [0.05, 0.1) is 51.0 Å². The molecule has 0 unspecified atom stereocenters. The molecule has 11 nitrogen and oxygen atoms in total. The van der Waals surface area contributed by atoms with Crippen LogP contribution < -0.4 is 24.6 Å². The molecule has 0 aliphatic rings. The van der Waals surface area contributed by atoms with E-state index >= 15 is 4.39 Å². The first kappa shape index (κ1) is 29.7. The fraction of sp³-hybridized carbons (Fsp3) is 0.172. The summed E-state index contributed by atoms with van der Waals surface area (Å²) in [6.07, 6.45) is 3.08. The van der Waals surface area contributed by atoms with Gasteiger partial charge in [0.25, 0.3) is 0 Å². The quantitative estimate of drug-likeness (QED) is 0.0962. The van der Waals surface area contributed by atoms with E-state index in [2.05, 4.69) is 20.7 Å². The Morgan fingerprint density at radius 2 is 1.70 bits per heavy atom. The van der Waals surface area contributed by atoms with E-state index in [1.54, 1.807) is 42.3 Å². The molecule has 5 aromatic rings. The summed E-state index contributed by atoms with van der Waals surface area (Å²) in [6, 6.07) is 17.6. The summed E-state index contributed by atoms with van der Waals surface area (Å²) < 4.78 is 33.1. The van der Waals surface area contributed by atoms with Gasteiger partial charge in [0.15, 0.2) is 17.2 Å². The minimum Gasteiger partial charge on any atom is -0.672 e. The van der Waals surface area contributed by atoms with Gasteiger partial charge in [0.2, 0.25) is 0 Å². The molecule has 222 valence electrons. The molecule has 0 radical (unpaired) electrons. The van der Waals surface area contributed by atoms with Gasteiger partial charge in [-0.3, -0.25) is 0 Å². The standard InChI is InChI=1S/C29H26Cl2FN7O4/c1-41-21-11-9-18(10-12-21)16-37-29-22(15-34-37)25(30)19(14-33-29)17-38(39(40)36-35-20-7-5-4-6-8-20)28-26(31)23(42-2)13-24(43-3)27(28)32/h4-15,35H,16-17H2,1-3H3. The first-order valence-corrected chi connectivity index (χ1v) is 13.6. The topological polar surface area (TPSA) is 112 Å². The Morgan fingerprint density at radius 3 is 2.37 bits per heavy atom. The Bertz CT molecular complexity index is 1740. The highest BCUT2D eigenvalue weighted by Gasteiger charge is 2.28. The number of pyridine rings is 1. The van der Waals surface area contributed by atoms with Crippen LogP contribution in [-0.4, -0.2) is 41.1 Å². The molecular formula is C29H26Cl2FN7O4. The molecule has 0 spiro atoms. The number of aromatic nitrogens is 3. The van der Waals surface area contributed by atoms with Crippen LogP contribution >= 0.6 is 23.2 Å². The average Bonchev–Trinajstić information content (AvgIpc) is 3.44. The van der Waals surface area contributed by atoms with Crippen LogP contribution in [0.1, 0.15) is 11.1 Å². The van der Waals surface area contributed by atoms with Crippen LogP contribution in [0.2, 0.25) is 10.0 Å². The summed E-state index contributed by atoms with van der Waals surface area (Å²) in [5.41, 5.74) is 4.73. The third kappa shape index (κ3) is 6.20. The van der Waals surface area contributed by atoms with E-state index in [1.807, 2.05) is 30.3 Å². The smallest absolute Gasteiger partial charge is 0.193 e. The van der Waals surface area contributed by atoms with Gasteiger partial charge in [0.1, 0.15) is 33.1 Å². The fourth-order valence-corrected chi connectivity index (χ4v) is 4.88. The lowest BCUT2D eigenvalue weighted by Crippen LogP contribution is -2.32. The molecular weight excluding hydrogens is 600 g/mol. The SMILES string of the molecule is COc1ccc(Cn2ncc3c(Cl)c(CN(c4c(F)c(OC)cc(OC)c4Cl)[N+]([O-])=NNc4ccccc4)cnc32)cc1. The molecule has 0 saturated heterocycles. The molecule has 5 rings (SSSR count). The van der Waals surface area contributed by atoms with Crippen LogP contribution in [0.4, 0.5) is 15.8 Å². The Hall–Kier alpha value is -4.81. The van der Waals surface area contributed by atoms with Gasteiger partial charge < -0.3 is 19.4 Å². The summed E-state index contributed by atoms with van der Waals surface area (Å²) in [5.74, 6) is -0.261. The lowest BCUT2D eigenvalue weighted by atomic mass is 10.2. The van der Waals surface area contributed by atoms with Crippen LogP contribution in [-0.2, 0) is 13.1 Å². The maximum absolute atomic E-state index is 15.7. The average molecular weight is 626 g/mol. The molecule has 1 N–H and O–H groups in total. The minimum absolute atomic E-state index is 0.0869. The number of nitrogens with zero attached hydrogens (tertiary/aromatic N) is 6. The first-order valence-electron chi connectivity index (χ1n) is 12.8. The molecule has 3 aromatic carbocycles. The second-order valence-corrected chi connectivity index (χ2v) is 9.89. The van der Waals surface area contributed by atoms with Gasteiger partial charge in [-0.25, -0.2) is 14.1 Å². The van der Waals surface area contributed by atoms with Crippen LogP contribution in [0.3, 0.4) is 0 Å². The zero-order valence-corrected chi connectivity index (χ0v) is 24.8.